The maximum Gasteiger partial charge on any atom is 0.246 e. The minimum Gasteiger partial charge on any atom is -0.324 e. The van der Waals surface area contributed by atoms with Gasteiger partial charge in [0.05, 0.1) is 0 Å². The van der Waals surface area contributed by atoms with Crippen LogP contribution in [0.3, 0.4) is 0 Å². The Labute approximate surface area is 135 Å². The molecule has 2 aromatic heterocycles. The van der Waals surface area contributed by atoms with Gasteiger partial charge in [-0.3, -0.25) is 4.79 Å². The summed E-state index contributed by atoms with van der Waals surface area (Å²) in [5, 5.41) is 10.2. The highest BCUT2D eigenvalue weighted by Gasteiger charge is 2.10. The Morgan fingerprint density at radius 3 is 3.00 bits per heavy atom. The number of hydrogen-bond donors (Lipinski definition) is 1. The summed E-state index contributed by atoms with van der Waals surface area (Å²) in [4.78, 5) is 20.3. The number of carbonyl (C=O) groups is 1. The molecule has 0 aliphatic carbocycles. The summed E-state index contributed by atoms with van der Waals surface area (Å²) in [5.74, 6) is 0.316. The van der Waals surface area contributed by atoms with E-state index in [9.17, 15) is 4.79 Å². The third-order valence-corrected chi connectivity index (χ3v) is 4.10. The summed E-state index contributed by atoms with van der Waals surface area (Å²) >= 11 is 7.48. The van der Waals surface area contributed by atoms with Crippen LogP contribution in [-0.4, -0.2) is 25.7 Å². The van der Waals surface area contributed by atoms with Gasteiger partial charge in [-0.1, -0.05) is 17.7 Å². The fraction of sp³-hybridized carbons (Fsp3) is 0.143. The van der Waals surface area contributed by atoms with E-state index < -0.39 is 0 Å². The fourth-order valence-electron chi connectivity index (χ4n) is 1.82. The van der Waals surface area contributed by atoms with E-state index in [0.29, 0.717) is 16.5 Å². The summed E-state index contributed by atoms with van der Waals surface area (Å²) in [6.07, 6.45) is 3.20. The molecule has 0 saturated carbocycles. The summed E-state index contributed by atoms with van der Waals surface area (Å²) in [6, 6.07) is 5.38. The number of thiazole rings is 1. The molecule has 0 bridgehead atoms. The number of carbonyl (C=O) groups excluding carboxylic acids is 1. The number of amides is 1. The minimum absolute atomic E-state index is 0.0733. The maximum atomic E-state index is 12.0. The quantitative estimate of drug-likeness (QED) is 0.796. The predicted molar refractivity (Wildman–Crippen MR) is 85.9 cm³/mol. The van der Waals surface area contributed by atoms with Crippen molar-refractivity contribution < 1.29 is 4.79 Å². The van der Waals surface area contributed by atoms with Crippen molar-refractivity contribution in [3.05, 3.63) is 46.7 Å². The summed E-state index contributed by atoms with van der Waals surface area (Å²) in [6.45, 7) is 1.98. The Balaban J connectivity index is 1.65. The molecule has 1 N–H and O–H groups in total. The average molecular weight is 334 g/mol. The molecule has 0 aliphatic rings. The smallest absolute Gasteiger partial charge is 0.246 e. The third kappa shape index (κ3) is 3.32. The lowest BCUT2D eigenvalue weighted by molar-refractivity contribution is -0.116. The highest BCUT2D eigenvalue weighted by molar-refractivity contribution is 7.12. The number of hydrogen-bond acceptors (Lipinski definition) is 5. The van der Waals surface area contributed by atoms with Crippen LogP contribution in [0.5, 0.6) is 0 Å². The molecule has 0 unspecified atom stereocenters. The van der Waals surface area contributed by atoms with Crippen molar-refractivity contribution in [1.82, 2.24) is 19.7 Å². The van der Waals surface area contributed by atoms with E-state index in [1.807, 2.05) is 18.4 Å². The van der Waals surface area contributed by atoms with Gasteiger partial charge >= 0.3 is 0 Å². The van der Waals surface area contributed by atoms with Crippen LogP contribution in [0.15, 0.2) is 36.1 Å². The Bertz CT molecular complexity index is 799. The Morgan fingerprint density at radius 2 is 2.27 bits per heavy atom. The molecule has 1 aromatic carbocycles. The van der Waals surface area contributed by atoms with Gasteiger partial charge in [0.2, 0.25) is 11.7 Å². The Morgan fingerprint density at radius 1 is 1.41 bits per heavy atom. The molecule has 22 heavy (non-hydrogen) atoms. The highest BCUT2D eigenvalue weighted by atomic mass is 35.5. The van der Waals surface area contributed by atoms with Gasteiger partial charge in [0.25, 0.3) is 0 Å². The maximum absolute atomic E-state index is 12.0. The van der Waals surface area contributed by atoms with Gasteiger partial charge in [-0.15, -0.1) is 16.4 Å². The van der Waals surface area contributed by atoms with Crippen LogP contribution < -0.4 is 5.32 Å². The van der Waals surface area contributed by atoms with E-state index in [1.165, 1.54) is 22.3 Å². The van der Waals surface area contributed by atoms with Crippen LogP contribution in [0.25, 0.3) is 10.8 Å². The molecule has 0 atom stereocenters. The molecule has 8 heteroatoms. The normalized spacial score (nSPS) is 10.6. The van der Waals surface area contributed by atoms with Gasteiger partial charge in [-0.05, 0) is 24.6 Å². The lowest BCUT2D eigenvalue weighted by atomic mass is 10.2. The molecular weight excluding hydrogens is 322 g/mol. The predicted octanol–water partition coefficient (Wildman–Crippen LogP) is 3.00. The van der Waals surface area contributed by atoms with Crippen molar-refractivity contribution >= 4 is 34.5 Å². The molecular formula is C14H12ClN5OS. The van der Waals surface area contributed by atoms with Crippen LogP contribution in [0.2, 0.25) is 5.02 Å². The summed E-state index contributed by atoms with van der Waals surface area (Å²) in [5.41, 5.74) is 1.62. The van der Waals surface area contributed by atoms with Crippen molar-refractivity contribution in [2.75, 3.05) is 5.32 Å². The van der Waals surface area contributed by atoms with Crippen LogP contribution in [0.4, 0.5) is 5.69 Å². The van der Waals surface area contributed by atoms with Crippen molar-refractivity contribution in [3.8, 4) is 10.8 Å². The first-order valence-electron chi connectivity index (χ1n) is 6.47. The van der Waals surface area contributed by atoms with E-state index in [1.54, 1.807) is 18.3 Å². The first-order valence-corrected chi connectivity index (χ1v) is 7.73. The lowest BCUT2D eigenvalue weighted by Gasteiger charge is -2.06. The third-order valence-electron chi connectivity index (χ3n) is 2.92. The minimum atomic E-state index is -0.199. The second-order valence-corrected chi connectivity index (χ2v) is 5.92. The van der Waals surface area contributed by atoms with Crippen LogP contribution in [0.1, 0.15) is 5.56 Å². The van der Waals surface area contributed by atoms with E-state index >= 15 is 0 Å². The van der Waals surface area contributed by atoms with Crippen molar-refractivity contribution in [3.63, 3.8) is 0 Å². The number of halogens is 1. The van der Waals surface area contributed by atoms with Crippen LogP contribution >= 0.6 is 22.9 Å². The zero-order chi connectivity index (χ0) is 15.5. The van der Waals surface area contributed by atoms with Gasteiger partial charge in [-0.2, -0.15) is 0 Å². The number of aryl methyl sites for hydroxylation is 1. The largest absolute Gasteiger partial charge is 0.324 e. The SMILES string of the molecule is Cc1ccc(NC(=O)Cn2cnc(-c3nccs3)n2)cc1Cl. The molecule has 0 spiro atoms. The van der Waals surface area contributed by atoms with Crippen molar-refractivity contribution in [2.45, 2.75) is 13.5 Å². The molecule has 6 nitrogen and oxygen atoms in total. The van der Waals surface area contributed by atoms with E-state index in [-0.39, 0.29) is 12.5 Å². The number of nitrogens with zero attached hydrogens (tertiary/aromatic N) is 4. The molecule has 0 saturated heterocycles. The molecule has 3 aromatic rings. The van der Waals surface area contributed by atoms with E-state index in [2.05, 4.69) is 20.4 Å². The molecule has 0 aliphatic heterocycles. The van der Waals surface area contributed by atoms with Crippen molar-refractivity contribution in [1.29, 1.82) is 0 Å². The highest BCUT2D eigenvalue weighted by Crippen LogP contribution is 2.20. The topological polar surface area (TPSA) is 72.7 Å². The van der Waals surface area contributed by atoms with E-state index in [0.717, 1.165) is 10.6 Å². The van der Waals surface area contributed by atoms with Gasteiger partial charge in [-0.25, -0.2) is 14.6 Å². The number of benzene rings is 1. The first-order chi connectivity index (χ1) is 10.6. The van der Waals surface area contributed by atoms with Crippen molar-refractivity contribution in [2.24, 2.45) is 0 Å². The lowest BCUT2D eigenvalue weighted by Crippen LogP contribution is -2.19. The monoisotopic (exact) mass is 333 g/mol. The second-order valence-electron chi connectivity index (χ2n) is 4.62. The summed E-state index contributed by atoms with van der Waals surface area (Å²) < 4.78 is 1.47. The molecule has 2 heterocycles. The van der Waals surface area contributed by atoms with Crippen LogP contribution in [-0.2, 0) is 11.3 Å². The average Bonchev–Trinajstić information content (AvgIpc) is 3.13. The van der Waals surface area contributed by atoms with Gasteiger partial charge < -0.3 is 5.32 Å². The van der Waals surface area contributed by atoms with Gasteiger partial charge in [0.15, 0.2) is 5.01 Å². The number of nitrogens with one attached hydrogen (secondary N) is 1. The number of anilines is 1. The molecule has 0 fully saturated rings. The molecule has 112 valence electrons. The summed E-state index contributed by atoms with van der Waals surface area (Å²) in [7, 11) is 0. The van der Waals surface area contributed by atoms with Gasteiger partial charge in [0.1, 0.15) is 12.9 Å². The van der Waals surface area contributed by atoms with E-state index in [4.69, 9.17) is 11.6 Å². The van der Waals surface area contributed by atoms with Gasteiger partial charge in [0, 0.05) is 22.3 Å². The Kier molecular flexibility index (Phi) is 4.17. The first kappa shape index (κ1) is 14.7. The molecule has 1 amide bonds. The standard InChI is InChI=1S/C14H12ClN5OS/c1-9-2-3-10(6-11(9)15)18-12(21)7-20-8-17-13(19-20)14-16-4-5-22-14/h2-6,8H,7H2,1H3,(H,18,21). The fourth-order valence-corrected chi connectivity index (χ4v) is 2.57. The molecule has 0 radical (unpaired) electrons. The second kappa shape index (κ2) is 6.25. The zero-order valence-electron chi connectivity index (χ0n) is 11.7. The zero-order valence-corrected chi connectivity index (χ0v) is 13.2. The Hall–Kier alpha value is -2.25. The van der Waals surface area contributed by atoms with Crippen LogP contribution in [0, 0.1) is 6.92 Å². The molecule has 3 rings (SSSR count). The number of aromatic nitrogens is 4. The number of rotatable bonds is 4.